The molecule has 144 valence electrons. The van der Waals surface area contributed by atoms with Gasteiger partial charge < -0.3 is 28.4 Å². The summed E-state index contributed by atoms with van der Waals surface area (Å²) in [5.41, 5.74) is 0. The molecule has 24 heavy (non-hydrogen) atoms. The highest BCUT2D eigenvalue weighted by Crippen LogP contribution is 1.95. The monoisotopic (exact) mass is 349 g/mol. The van der Waals surface area contributed by atoms with E-state index >= 15 is 0 Å². The molecule has 1 aliphatic heterocycles. The van der Waals surface area contributed by atoms with Crippen LogP contribution in [0.1, 0.15) is 13.3 Å². The van der Waals surface area contributed by atoms with Gasteiger partial charge in [0, 0.05) is 32.8 Å². The van der Waals surface area contributed by atoms with E-state index in [1.807, 2.05) is 6.92 Å². The van der Waals surface area contributed by atoms with Gasteiger partial charge in [0.15, 0.2) is 0 Å². The third-order valence-electron chi connectivity index (χ3n) is 3.56. The van der Waals surface area contributed by atoms with Gasteiger partial charge in [-0.25, -0.2) is 0 Å². The first-order chi connectivity index (χ1) is 11.9. The molecule has 0 aromatic carbocycles. The summed E-state index contributed by atoms with van der Waals surface area (Å²) in [5, 5.41) is 0. The molecule has 1 aliphatic rings. The molecule has 0 unspecified atom stereocenters. The van der Waals surface area contributed by atoms with E-state index in [-0.39, 0.29) is 0 Å². The standard InChI is InChI=1S/C17H35NO6/c1-2-19-7-3-4-18-5-8-20-10-12-22-14-16-24-17-15-23-13-11-21-9-6-18/h2-17H2,1H3. The molecule has 0 bridgehead atoms. The molecule has 0 N–H and O–H groups in total. The van der Waals surface area contributed by atoms with Gasteiger partial charge in [-0.3, -0.25) is 4.90 Å². The van der Waals surface area contributed by atoms with Gasteiger partial charge in [0.1, 0.15) is 0 Å². The van der Waals surface area contributed by atoms with E-state index in [0.717, 1.165) is 39.3 Å². The predicted octanol–water partition coefficient (Wildman–Crippen LogP) is 0.812. The van der Waals surface area contributed by atoms with Crippen molar-refractivity contribution in [3.63, 3.8) is 0 Å². The normalized spacial score (nSPS) is 21.9. The van der Waals surface area contributed by atoms with Crippen molar-refractivity contribution >= 4 is 0 Å². The van der Waals surface area contributed by atoms with Gasteiger partial charge in [0.25, 0.3) is 0 Å². The Hall–Kier alpha value is -0.280. The molecule has 0 aromatic rings. The van der Waals surface area contributed by atoms with E-state index in [4.69, 9.17) is 28.4 Å². The molecule has 1 heterocycles. The smallest absolute Gasteiger partial charge is 0.0701 e. The van der Waals surface area contributed by atoms with Crippen LogP contribution in [0.2, 0.25) is 0 Å². The molecule has 1 saturated heterocycles. The molecule has 0 amide bonds. The molecule has 0 radical (unpaired) electrons. The minimum atomic E-state index is 0.591. The highest BCUT2D eigenvalue weighted by atomic mass is 16.6. The second-order valence-corrected chi connectivity index (χ2v) is 5.45. The molecule has 0 aromatic heterocycles. The zero-order valence-electron chi connectivity index (χ0n) is 15.2. The lowest BCUT2D eigenvalue weighted by Crippen LogP contribution is -2.33. The quantitative estimate of drug-likeness (QED) is 0.681. The maximum Gasteiger partial charge on any atom is 0.0701 e. The van der Waals surface area contributed by atoms with Crippen LogP contribution >= 0.6 is 0 Å². The van der Waals surface area contributed by atoms with Crippen LogP contribution in [0.4, 0.5) is 0 Å². The van der Waals surface area contributed by atoms with Crippen molar-refractivity contribution in [2.75, 3.05) is 98.9 Å². The Bertz CT molecular complexity index is 239. The van der Waals surface area contributed by atoms with Crippen LogP contribution in [0, 0.1) is 0 Å². The Morgan fingerprint density at radius 1 is 0.667 bits per heavy atom. The lowest BCUT2D eigenvalue weighted by Gasteiger charge is -2.22. The van der Waals surface area contributed by atoms with Crippen LogP contribution in [0.5, 0.6) is 0 Å². The summed E-state index contributed by atoms with van der Waals surface area (Å²) in [4.78, 5) is 2.36. The molecule has 7 nitrogen and oxygen atoms in total. The maximum absolute atomic E-state index is 5.64. The van der Waals surface area contributed by atoms with Crippen LogP contribution < -0.4 is 0 Å². The Morgan fingerprint density at radius 3 is 1.50 bits per heavy atom. The molecule has 0 atom stereocenters. The molecular formula is C17H35NO6. The van der Waals surface area contributed by atoms with Gasteiger partial charge >= 0.3 is 0 Å². The maximum atomic E-state index is 5.64. The summed E-state index contributed by atoms with van der Waals surface area (Å²) in [6, 6.07) is 0. The Balaban J connectivity index is 2.21. The zero-order valence-corrected chi connectivity index (χ0v) is 15.2. The topological polar surface area (TPSA) is 58.6 Å². The molecule has 0 aliphatic carbocycles. The lowest BCUT2D eigenvalue weighted by atomic mass is 10.4. The number of hydrogen-bond acceptors (Lipinski definition) is 7. The molecule has 0 spiro atoms. The summed E-state index contributed by atoms with van der Waals surface area (Å²) in [6.07, 6.45) is 1.03. The van der Waals surface area contributed by atoms with Crippen molar-refractivity contribution in [2.24, 2.45) is 0 Å². The van der Waals surface area contributed by atoms with E-state index in [0.29, 0.717) is 66.1 Å². The van der Waals surface area contributed by atoms with Crippen molar-refractivity contribution in [1.82, 2.24) is 4.90 Å². The molecular weight excluding hydrogens is 314 g/mol. The van der Waals surface area contributed by atoms with E-state index in [9.17, 15) is 0 Å². The first-order valence-electron chi connectivity index (χ1n) is 9.12. The number of rotatable bonds is 5. The van der Waals surface area contributed by atoms with Gasteiger partial charge in [-0.2, -0.15) is 0 Å². The van der Waals surface area contributed by atoms with E-state index in [1.165, 1.54) is 0 Å². The average molecular weight is 349 g/mol. The van der Waals surface area contributed by atoms with Crippen LogP contribution in [0.15, 0.2) is 0 Å². The Morgan fingerprint density at radius 2 is 1.08 bits per heavy atom. The highest BCUT2D eigenvalue weighted by Gasteiger charge is 2.05. The number of ether oxygens (including phenoxy) is 6. The summed E-state index contributed by atoms with van der Waals surface area (Å²) < 4.78 is 33.0. The first-order valence-corrected chi connectivity index (χ1v) is 9.12. The minimum absolute atomic E-state index is 0.591. The van der Waals surface area contributed by atoms with E-state index in [1.54, 1.807) is 0 Å². The highest BCUT2D eigenvalue weighted by molar-refractivity contribution is 4.58. The Kier molecular flexibility index (Phi) is 15.9. The number of hydrogen-bond donors (Lipinski definition) is 0. The van der Waals surface area contributed by atoms with Crippen LogP contribution in [0.25, 0.3) is 0 Å². The van der Waals surface area contributed by atoms with Crippen molar-refractivity contribution < 1.29 is 28.4 Å². The summed E-state index contributed by atoms with van der Waals surface area (Å²) in [5.74, 6) is 0. The van der Waals surface area contributed by atoms with E-state index < -0.39 is 0 Å². The SMILES string of the molecule is CCOCCCN1CCOCCOCCOCCOCCOCC1. The van der Waals surface area contributed by atoms with E-state index in [2.05, 4.69) is 4.90 Å². The fourth-order valence-electron chi connectivity index (χ4n) is 2.24. The molecule has 1 fully saturated rings. The van der Waals surface area contributed by atoms with Crippen LogP contribution in [0.3, 0.4) is 0 Å². The molecule has 0 saturated carbocycles. The second kappa shape index (κ2) is 17.5. The van der Waals surface area contributed by atoms with Gasteiger partial charge in [0.05, 0.1) is 66.1 Å². The molecule has 7 heteroatoms. The second-order valence-electron chi connectivity index (χ2n) is 5.45. The first kappa shape index (κ1) is 21.8. The van der Waals surface area contributed by atoms with Crippen LogP contribution in [-0.4, -0.2) is 104 Å². The van der Waals surface area contributed by atoms with Crippen molar-refractivity contribution in [2.45, 2.75) is 13.3 Å². The third kappa shape index (κ3) is 14.1. The fraction of sp³-hybridized carbons (Fsp3) is 1.00. The molecule has 1 rings (SSSR count). The van der Waals surface area contributed by atoms with Crippen molar-refractivity contribution in [3.8, 4) is 0 Å². The third-order valence-corrected chi connectivity index (χ3v) is 3.56. The largest absolute Gasteiger partial charge is 0.382 e. The van der Waals surface area contributed by atoms with Gasteiger partial charge in [-0.1, -0.05) is 0 Å². The average Bonchev–Trinajstić information content (AvgIpc) is 2.59. The number of nitrogens with zero attached hydrogens (tertiary/aromatic N) is 1. The Labute approximate surface area is 146 Å². The van der Waals surface area contributed by atoms with Gasteiger partial charge in [0.2, 0.25) is 0 Å². The minimum Gasteiger partial charge on any atom is -0.382 e. The summed E-state index contributed by atoms with van der Waals surface area (Å²) in [6.45, 7) is 12.6. The fourth-order valence-corrected chi connectivity index (χ4v) is 2.24. The zero-order chi connectivity index (χ0) is 17.1. The summed E-state index contributed by atoms with van der Waals surface area (Å²) >= 11 is 0. The van der Waals surface area contributed by atoms with Crippen molar-refractivity contribution in [1.29, 1.82) is 0 Å². The van der Waals surface area contributed by atoms with Crippen LogP contribution in [-0.2, 0) is 28.4 Å². The predicted molar refractivity (Wildman–Crippen MR) is 91.6 cm³/mol. The van der Waals surface area contributed by atoms with Gasteiger partial charge in [-0.15, -0.1) is 0 Å². The van der Waals surface area contributed by atoms with Crippen molar-refractivity contribution in [3.05, 3.63) is 0 Å². The summed E-state index contributed by atoms with van der Waals surface area (Å²) in [7, 11) is 0. The van der Waals surface area contributed by atoms with Gasteiger partial charge in [-0.05, 0) is 13.3 Å². The lowest BCUT2D eigenvalue weighted by molar-refractivity contribution is -0.0189.